The molecule has 0 radical (unpaired) electrons. The summed E-state index contributed by atoms with van der Waals surface area (Å²) in [4.78, 5) is 3.96. The lowest BCUT2D eigenvalue weighted by atomic mass is 10.3. The van der Waals surface area contributed by atoms with Crippen LogP contribution in [0.5, 0.6) is 0 Å². The van der Waals surface area contributed by atoms with Crippen molar-refractivity contribution in [3.8, 4) is 11.5 Å². The van der Waals surface area contributed by atoms with Crippen molar-refractivity contribution in [1.82, 2.24) is 10.1 Å². The number of hydrogen-bond acceptors (Lipinski definition) is 4. The largest absolute Gasteiger partial charge is 0.457 e. The van der Waals surface area contributed by atoms with E-state index in [1.807, 2.05) is 0 Å². The molecule has 0 atom stereocenters. The zero-order valence-corrected chi connectivity index (χ0v) is 8.79. The van der Waals surface area contributed by atoms with Gasteiger partial charge in [0.1, 0.15) is 0 Å². The predicted molar refractivity (Wildman–Crippen MR) is 47.4 cm³/mol. The third kappa shape index (κ3) is 1.32. The average Bonchev–Trinajstić information content (AvgIpc) is 2.58. The molecule has 62 valence electrons. The third-order valence-electron chi connectivity index (χ3n) is 1.25. The molecule has 0 aliphatic carbocycles. The molecule has 0 spiro atoms. The normalized spacial score (nSPS) is 10.5. The highest BCUT2D eigenvalue weighted by molar-refractivity contribution is 9.10. The van der Waals surface area contributed by atoms with E-state index in [0.29, 0.717) is 15.3 Å². The molecule has 0 N–H and O–H groups in total. The molecule has 0 aliphatic rings. The van der Waals surface area contributed by atoms with E-state index in [4.69, 9.17) is 8.94 Å². The van der Waals surface area contributed by atoms with Gasteiger partial charge in [-0.3, -0.25) is 0 Å². The summed E-state index contributed by atoms with van der Waals surface area (Å²) in [5, 5.41) is 3.58. The Morgan fingerprint density at radius 1 is 1.33 bits per heavy atom. The zero-order chi connectivity index (χ0) is 8.55. The van der Waals surface area contributed by atoms with Crippen molar-refractivity contribution in [3.63, 3.8) is 0 Å². The Balaban J connectivity index is 2.50. The van der Waals surface area contributed by atoms with E-state index in [1.54, 1.807) is 6.07 Å². The molecule has 2 aromatic heterocycles. The van der Waals surface area contributed by atoms with Gasteiger partial charge in [0.25, 0.3) is 5.89 Å². The summed E-state index contributed by atoms with van der Waals surface area (Å²) < 4.78 is 10.9. The van der Waals surface area contributed by atoms with Gasteiger partial charge in [-0.05, 0) is 43.1 Å². The number of aromatic nitrogens is 2. The second-order valence-corrected chi connectivity index (χ2v) is 3.41. The van der Waals surface area contributed by atoms with Crippen LogP contribution >= 0.6 is 31.9 Å². The van der Waals surface area contributed by atoms with Crippen LogP contribution in [0.1, 0.15) is 0 Å². The second kappa shape index (κ2) is 3.02. The zero-order valence-electron chi connectivity index (χ0n) is 5.62. The molecule has 2 heterocycles. The third-order valence-corrected chi connectivity index (χ3v) is 2.19. The van der Waals surface area contributed by atoms with Gasteiger partial charge in [-0.1, -0.05) is 0 Å². The van der Waals surface area contributed by atoms with Gasteiger partial charge < -0.3 is 8.94 Å². The van der Waals surface area contributed by atoms with Crippen LogP contribution in [0.3, 0.4) is 0 Å². The van der Waals surface area contributed by atoms with Crippen molar-refractivity contribution in [3.05, 3.63) is 21.7 Å². The van der Waals surface area contributed by atoms with Crippen molar-refractivity contribution in [2.24, 2.45) is 0 Å². The number of halogens is 2. The fourth-order valence-electron chi connectivity index (χ4n) is 0.761. The highest BCUT2D eigenvalue weighted by Gasteiger charge is 2.12. The van der Waals surface area contributed by atoms with Crippen molar-refractivity contribution in [2.45, 2.75) is 0 Å². The molecule has 0 saturated carbocycles. The van der Waals surface area contributed by atoms with Crippen LogP contribution in [0.25, 0.3) is 11.5 Å². The van der Waals surface area contributed by atoms with Gasteiger partial charge in [0, 0.05) is 0 Å². The van der Waals surface area contributed by atoms with Gasteiger partial charge in [-0.15, -0.1) is 0 Å². The smallest absolute Gasteiger partial charge is 0.263 e. The minimum absolute atomic E-state index is 0.419. The number of hydrogen-bond donors (Lipinski definition) is 0. The minimum atomic E-state index is 0.419. The van der Waals surface area contributed by atoms with Gasteiger partial charge in [0.2, 0.25) is 4.73 Å². The Morgan fingerprint density at radius 2 is 2.17 bits per heavy atom. The summed E-state index contributed by atoms with van der Waals surface area (Å²) in [7, 11) is 0. The van der Waals surface area contributed by atoms with E-state index in [9.17, 15) is 0 Å². The van der Waals surface area contributed by atoms with Crippen molar-refractivity contribution >= 4 is 31.9 Å². The van der Waals surface area contributed by atoms with Gasteiger partial charge >= 0.3 is 0 Å². The molecule has 4 nitrogen and oxygen atoms in total. The lowest BCUT2D eigenvalue weighted by molar-refractivity contribution is 0.425. The maximum Gasteiger partial charge on any atom is 0.263 e. The first-order valence-electron chi connectivity index (χ1n) is 3.00. The maximum atomic E-state index is 5.00. The maximum absolute atomic E-state index is 5.00. The molecule has 0 aliphatic heterocycles. The number of rotatable bonds is 1. The Hall–Kier alpha value is -0.620. The second-order valence-electron chi connectivity index (χ2n) is 1.98. The number of furan rings is 1. The van der Waals surface area contributed by atoms with Crippen LogP contribution in [0, 0.1) is 0 Å². The molecular formula is C6H2Br2N2O2. The van der Waals surface area contributed by atoms with E-state index in [2.05, 4.69) is 42.0 Å². The molecule has 0 bridgehead atoms. The van der Waals surface area contributed by atoms with Gasteiger partial charge in [0.05, 0.1) is 11.8 Å². The Bertz CT molecular complexity index is 396. The molecular weight excluding hydrogens is 292 g/mol. The highest BCUT2D eigenvalue weighted by Crippen LogP contribution is 2.28. The van der Waals surface area contributed by atoms with Gasteiger partial charge in [-0.25, -0.2) is 0 Å². The van der Waals surface area contributed by atoms with E-state index in [-0.39, 0.29) is 0 Å². The summed E-state index contributed by atoms with van der Waals surface area (Å²) in [5.41, 5.74) is 0.744. The van der Waals surface area contributed by atoms with Crippen molar-refractivity contribution < 1.29 is 8.94 Å². The lowest BCUT2D eigenvalue weighted by Gasteiger charge is -1.85. The fraction of sp³-hybridized carbons (Fsp3) is 0. The van der Waals surface area contributed by atoms with Crippen molar-refractivity contribution in [1.29, 1.82) is 0 Å². The number of nitrogens with zero attached hydrogens (tertiary/aromatic N) is 2. The molecule has 12 heavy (non-hydrogen) atoms. The molecule has 0 saturated heterocycles. The molecule has 0 aromatic carbocycles. The summed E-state index contributed by atoms with van der Waals surface area (Å²) in [6.07, 6.45) is 1.54. The average molecular weight is 294 g/mol. The molecule has 0 fully saturated rings. The topological polar surface area (TPSA) is 52.1 Å². The first-order chi connectivity index (χ1) is 5.77. The molecule has 0 unspecified atom stereocenters. The predicted octanol–water partition coefficient (Wildman–Crippen LogP) is 2.85. The quantitative estimate of drug-likeness (QED) is 0.811. The van der Waals surface area contributed by atoms with Gasteiger partial charge in [0.15, 0.2) is 4.67 Å². The molecule has 0 amide bonds. The first-order valence-corrected chi connectivity index (χ1v) is 4.58. The van der Waals surface area contributed by atoms with E-state index < -0.39 is 0 Å². The van der Waals surface area contributed by atoms with Gasteiger partial charge in [-0.2, -0.15) is 4.98 Å². The summed E-state index contributed by atoms with van der Waals surface area (Å²) >= 11 is 6.28. The van der Waals surface area contributed by atoms with Crippen LogP contribution < -0.4 is 0 Å². The summed E-state index contributed by atoms with van der Waals surface area (Å²) in [5.74, 6) is 0.419. The molecule has 2 rings (SSSR count). The van der Waals surface area contributed by atoms with Crippen LogP contribution in [-0.4, -0.2) is 10.1 Å². The standard InChI is InChI=1S/C6H2Br2N2O2/c7-4-3(1-2-11-4)5-9-6(8)10-12-5/h1-2H. The van der Waals surface area contributed by atoms with Crippen LogP contribution in [-0.2, 0) is 0 Å². The monoisotopic (exact) mass is 292 g/mol. The van der Waals surface area contributed by atoms with Crippen LogP contribution in [0.4, 0.5) is 0 Å². The first kappa shape index (κ1) is 8.00. The van der Waals surface area contributed by atoms with Crippen LogP contribution in [0.2, 0.25) is 0 Å². The Morgan fingerprint density at radius 3 is 2.67 bits per heavy atom. The van der Waals surface area contributed by atoms with E-state index in [1.165, 1.54) is 6.26 Å². The molecule has 2 aromatic rings. The summed E-state index contributed by atoms with van der Waals surface area (Å²) in [6, 6.07) is 1.74. The Kier molecular flexibility index (Phi) is 2.02. The highest BCUT2D eigenvalue weighted by atomic mass is 79.9. The fourth-order valence-corrected chi connectivity index (χ4v) is 1.40. The SMILES string of the molecule is Brc1noc(-c2ccoc2Br)n1. The van der Waals surface area contributed by atoms with Crippen LogP contribution in [0.15, 0.2) is 30.7 Å². The summed E-state index contributed by atoms with van der Waals surface area (Å²) in [6.45, 7) is 0. The van der Waals surface area contributed by atoms with Crippen molar-refractivity contribution in [2.75, 3.05) is 0 Å². The lowest BCUT2D eigenvalue weighted by Crippen LogP contribution is -1.72. The van der Waals surface area contributed by atoms with E-state index >= 15 is 0 Å². The minimum Gasteiger partial charge on any atom is -0.457 e. The van der Waals surface area contributed by atoms with E-state index in [0.717, 1.165) is 5.56 Å². The Labute approximate surface area is 84.2 Å². The molecule has 6 heteroatoms.